The third kappa shape index (κ3) is 2.24. The Morgan fingerprint density at radius 3 is 3.26 bits per heavy atom. The molecule has 2 aromatic rings. The fraction of sp³-hybridized carbons (Fsp3) is 0.417. The molecule has 1 amide bonds. The maximum atomic E-state index is 12.3. The second-order valence-electron chi connectivity index (χ2n) is 4.66. The minimum atomic E-state index is -0.208. The van der Waals surface area contributed by atoms with Crippen LogP contribution in [0.3, 0.4) is 0 Å². The molecule has 1 aliphatic rings. The average molecular weight is 260 g/mol. The topological polar surface area (TPSA) is 97.3 Å². The SMILES string of the molecule is Nc1nn2cccnc2c1C(=O)NC1CCCNC1. The highest BCUT2D eigenvalue weighted by molar-refractivity contribution is 6.04. The van der Waals surface area contributed by atoms with Crippen molar-refractivity contribution >= 4 is 17.4 Å². The molecule has 4 N–H and O–H groups in total. The van der Waals surface area contributed by atoms with Gasteiger partial charge in [-0.3, -0.25) is 4.79 Å². The van der Waals surface area contributed by atoms with E-state index in [1.807, 2.05) is 0 Å². The molecule has 100 valence electrons. The first-order valence-electron chi connectivity index (χ1n) is 6.36. The summed E-state index contributed by atoms with van der Waals surface area (Å²) in [6, 6.07) is 1.88. The molecule has 7 heteroatoms. The summed E-state index contributed by atoms with van der Waals surface area (Å²) in [5.41, 5.74) is 6.65. The summed E-state index contributed by atoms with van der Waals surface area (Å²) in [5.74, 6) is -0.000122. The van der Waals surface area contributed by atoms with Crippen molar-refractivity contribution in [3.8, 4) is 0 Å². The average Bonchev–Trinajstić information content (AvgIpc) is 2.75. The molecule has 0 saturated carbocycles. The number of rotatable bonds is 2. The zero-order valence-corrected chi connectivity index (χ0v) is 10.5. The molecule has 19 heavy (non-hydrogen) atoms. The van der Waals surface area contributed by atoms with Crippen LogP contribution in [0.15, 0.2) is 18.5 Å². The number of nitrogens with one attached hydrogen (secondary N) is 2. The first kappa shape index (κ1) is 11.9. The highest BCUT2D eigenvalue weighted by atomic mass is 16.1. The minimum absolute atomic E-state index is 0.138. The highest BCUT2D eigenvalue weighted by Gasteiger charge is 2.22. The molecular weight excluding hydrogens is 244 g/mol. The molecule has 3 heterocycles. The second kappa shape index (κ2) is 4.85. The van der Waals surface area contributed by atoms with E-state index in [-0.39, 0.29) is 17.8 Å². The molecule has 0 spiro atoms. The number of nitrogens with zero attached hydrogens (tertiary/aromatic N) is 3. The molecule has 1 fully saturated rings. The van der Waals surface area contributed by atoms with Crippen LogP contribution in [-0.4, -0.2) is 39.6 Å². The van der Waals surface area contributed by atoms with E-state index in [4.69, 9.17) is 5.73 Å². The number of nitrogen functional groups attached to an aromatic ring is 1. The van der Waals surface area contributed by atoms with Gasteiger partial charge in [-0.15, -0.1) is 5.10 Å². The Bertz CT molecular complexity index is 601. The lowest BCUT2D eigenvalue weighted by Gasteiger charge is -2.23. The van der Waals surface area contributed by atoms with Crippen LogP contribution in [0.4, 0.5) is 5.82 Å². The van der Waals surface area contributed by atoms with Crippen LogP contribution >= 0.6 is 0 Å². The third-order valence-corrected chi connectivity index (χ3v) is 3.28. The van der Waals surface area contributed by atoms with Crippen LogP contribution in [0.1, 0.15) is 23.2 Å². The van der Waals surface area contributed by atoms with E-state index >= 15 is 0 Å². The molecule has 0 radical (unpaired) electrons. The lowest BCUT2D eigenvalue weighted by molar-refractivity contribution is 0.0933. The van der Waals surface area contributed by atoms with E-state index in [0.717, 1.165) is 25.9 Å². The molecule has 0 bridgehead atoms. The fourth-order valence-electron chi connectivity index (χ4n) is 2.35. The number of hydrogen-bond donors (Lipinski definition) is 3. The molecule has 0 aromatic carbocycles. The number of carbonyl (C=O) groups excluding carboxylic acids is 1. The Balaban J connectivity index is 1.86. The lowest BCUT2D eigenvalue weighted by atomic mass is 10.1. The predicted molar refractivity (Wildman–Crippen MR) is 70.8 cm³/mol. The zero-order chi connectivity index (χ0) is 13.2. The monoisotopic (exact) mass is 260 g/mol. The van der Waals surface area contributed by atoms with Crippen LogP contribution in [-0.2, 0) is 0 Å². The number of carbonyl (C=O) groups is 1. The van der Waals surface area contributed by atoms with Crippen molar-refractivity contribution in [1.82, 2.24) is 25.2 Å². The number of nitrogens with two attached hydrogens (primary N) is 1. The third-order valence-electron chi connectivity index (χ3n) is 3.28. The largest absolute Gasteiger partial charge is 0.381 e. The first-order valence-corrected chi connectivity index (χ1v) is 6.36. The van der Waals surface area contributed by atoms with Gasteiger partial charge in [0, 0.05) is 25.0 Å². The molecule has 2 aromatic heterocycles. The molecular formula is C12H16N6O. The van der Waals surface area contributed by atoms with Crippen molar-refractivity contribution in [2.75, 3.05) is 18.8 Å². The van der Waals surface area contributed by atoms with Crippen LogP contribution in [0, 0.1) is 0 Å². The van der Waals surface area contributed by atoms with E-state index in [0.29, 0.717) is 11.2 Å². The maximum Gasteiger partial charge on any atom is 0.259 e. The van der Waals surface area contributed by atoms with Gasteiger partial charge in [-0.1, -0.05) is 0 Å². The summed E-state index contributed by atoms with van der Waals surface area (Å²) in [7, 11) is 0. The van der Waals surface area contributed by atoms with Gasteiger partial charge in [-0.05, 0) is 25.5 Å². The number of piperidine rings is 1. The van der Waals surface area contributed by atoms with Crippen molar-refractivity contribution in [1.29, 1.82) is 0 Å². The quantitative estimate of drug-likeness (QED) is 0.694. The second-order valence-corrected chi connectivity index (χ2v) is 4.66. The van der Waals surface area contributed by atoms with Gasteiger partial charge in [0.1, 0.15) is 5.56 Å². The Hall–Kier alpha value is -2.15. The number of amides is 1. The van der Waals surface area contributed by atoms with Gasteiger partial charge in [-0.2, -0.15) is 0 Å². The fourth-order valence-corrected chi connectivity index (χ4v) is 2.35. The summed E-state index contributed by atoms with van der Waals surface area (Å²) < 4.78 is 1.52. The number of fused-ring (bicyclic) bond motifs is 1. The van der Waals surface area contributed by atoms with Crippen molar-refractivity contribution in [2.45, 2.75) is 18.9 Å². The Kier molecular flexibility index (Phi) is 3.04. The molecule has 1 atom stereocenters. The van der Waals surface area contributed by atoms with Crippen molar-refractivity contribution in [2.24, 2.45) is 0 Å². The molecule has 0 aliphatic carbocycles. The Morgan fingerprint density at radius 1 is 1.58 bits per heavy atom. The van der Waals surface area contributed by atoms with E-state index in [2.05, 4.69) is 20.7 Å². The van der Waals surface area contributed by atoms with Crippen molar-refractivity contribution in [3.05, 3.63) is 24.0 Å². The molecule has 1 saturated heterocycles. The van der Waals surface area contributed by atoms with Gasteiger partial charge in [-0.25, -0.2) is 9.50 Å². The normalized spacial score (nSPS) is 19.5. The molecule has 7 nitrogen and oxygen atoms in total. The van der Waals surface area contributed by atoms with Gasteiger partial charge >= 0.3 is 0 Å². The number of anilines is 1. The Labute approximate surface area is 110 Å². The Morgan fingerprint density at radius 2 is 2.47 bits per heavy atom. The zero-order valence-electron chi connectivity index (χ0n) is 10.5. The lowest BCUT2D eigenvalue weighted by Crippen LogP contribution is -2.45. The van der Waals surface area contributed by atoms with Crippen LogP contribution in [0.2, 0.25) is 0 Å². The first-order chi connectivity index (χ1) is 9.25. The van der Waals surface area contributed by atoms with E-state index < -0.39 is 0 Å². The number of aromatic nitrogens is 3. The van der Waals surface area contributed by atoms with Crippen LogP contribution < -0.4 is 16.4 Å². The predicted octanol–water partition coefficient (Wildman–Crippen LogP) is -0.207. The van der Waals surface area contributed by atoms with Gasteiger partial charge in [0.05, 0.1) is 0 Å². The molecule has 3 rings (SSSR count). The van der Waals surface area contributed by atoms with Gasteiger partial charge in [0.25, 0.3) is 5.91 Å². The summed E-state index contributed by atoms with van der Waals surface area (Å²) in [6.45, 7) is 1.80. The maximum absolute atomic E-state index is 12.3. The van der Waals surface area contributed by atoms with Crippen LogP contribution in [0.5, 0.6) is 0 Å². The summed E-state index contributed by atoms with van der Waals surface area (Å²) in [4.78, 5) is 16.5. The van der Waals surface area contributed by atoms with Crippen molar-refractivity contribution in [3.63, 3.8) is 0 Å². The van der Waals surface area contributed by atoms with E-state index in [9.17, 15) is 4.79 Å². The van der Waals surface area contributed by atoms with E-state index in [1.165, 1.54) is 4.52 Å². The smallest absolute Gasteiger partial charge is 0.259 e. The number of hydrogen-bond acceptors (Lipinski definition) is 5. The highest BCUT2D eigenvalue weighted by Crippen LogP contribution is 2.15. The van der Waals surface area contributed by atoms with E-state index in [1.54, 1.807) is 18.5 Å². The minimum Gasteiger partial charge on any atom is -0.381 e. The standard InChI is InChI=1S/C12H16N6O/c13-10-9(11-15-5-2-6-18(11)17-10)12(19)16-8-3-1-4-14-7-8/h2,5-6,8,14H,1,3-4,7H2,(H2,13,17)(H,16,19). The van der Waals surface area contributed by atoms with Gasteiger partial charge in [0.2, 0.25) is 0 Å². The molecule has 1 unspecified atom stereocenters. The summed E-state index contributed by atoms with van der Waals surface area (Å²) in [5, 5.41) is 10.3. The van der Waals surface area contributed by atoms with Crippen molar-refractivity contribution < 1.29 is 4.79 Å². The summed E-state index contributed by atoms with van der Waals surface area (Å²) in [6.07, 6.45) is 5.38. The summed E-state index contributed by atoms with van der Waals surface area (Å²) >= 11 is 0. The molecule has 1 aliphatic heterocycles. The van der Waals surface area contributed by atoms with Gasteiger partial charge < -0.3 is 16.4 Å². The van der Waals surface area contributed by atoms with Gasteiger partial charge in [0.15, 0.2) is 11.5 Å². The van der Waals surface area contributed by atoms with Crippen LogP contribution in [0.25, 0.3) is 5.65 Å².